The lowest BCUT2D eigenvalue weighted by Crippen LogP contribution is -2.77. The number of rotatable bonds is 7. The van der Waals surface area contributed by atoms with Crippen LogP contribution < -0.4 is 10.1 Å². The average Bonchev–Trinajstić information content (AvgIpc) is 3.09. The highest BCUT2D eigenvalue weighted by Crippen LogP contribution is 2.67. The third-order valence-corrected chi connectivity index (χ3v) is 6.61. The van der Waals surface area contributed by atoms with E-state index in [1.54, 1.807) is 0 Å². The maximum Gasteiger partial charge on any atom is 0.401 e. The number of ether oxygens (including phenoxy) is 1. The van der Waals surface area contributed by atoms with Crippen LogP contribution in [0.1, 0.15) is 37.0 Å². The molecule has 0 spiro atoms. The molecule has 7 nitrogen and oxygen atoms in total. The fourth-order valence-electron chi connectivity index (χ4n) is 4.92. The van der Waals surface area contributed by atoms with Gasteiger partial charge in [0.25, 0.3) is 5.91 Å². The minimum Gasteiger partial charge on any atom is -0.484 e. The number of carbonyl (C=O) groups is 1. The van der Waals surface area contributed by atoms with Crippen molar-refractivity contribution in [3.8, 4) is 5.75 Å². The van der Waals surface area contributed by atoms with E-state index in [9.17, 15) is 22.4 Å². The van der Waals surface area contributed by atoms with E-state index in [1.807, 2.05) is 0 Å². The first-order chi connectivity index (χ1) is 15.0. The van der Waals surface area contributed by atoms with E-state index in [0.717, 1.165) is 6.07 Å². The van der Waals surface area contributed by atoms with Crippen LogP contribution in [0.2, 0.25) is 5.02 Å². The summed E-state index contributed by atoms with van der Waals surface area (Å²) in [6.07, 6.45) is -2.28. The van der Waals surface area contributed by atoms with Gasteiger partial charge in [-0.3, -0.25) is 9.69 Å². The Labute approximate surface area is 185 Å². The summed E-state index contributed by atoms with van der Waals surface area (Å²) in [6.45, 7) is -0.707. The maximum atomic E-state index is 13.4. The number of hydrogen-bond donors (Lipinski definition) is 1. The molecule has 1 saturated heterocycles. The zero-order valence-corrected chi connectivity index (χ0v) is 17.5. The minimum atomic E-state index is -4.22. The van der Waals surface area contributed by atoms with Crippen LogP contribution in [0, 0.1) is 5.82 Å². The summed E-state index contributed by atoms with van der Waals surface area (Å²) in [5.74, 6) is -0.0803. The molecule has 1 amide bonds. The fraction of sp³-hybridized carbons (Fsp3) is 0.550. The smallest absolute Gasteiger partial charge is 0.401 e. The molecule has 2 bridgehead atoms. The van der Waals surface area contributed by atoms with E-state index in [-0.39, 0.29) is 53.2 Å². The zero-order valence-electron chi connectivity index (χ0n) is 16.7. The normalized spacial score (nSPS) is 27.3. The third kappa shape index (κ3) is 3.92. The minimum absolute atomic E-state index is 0.0268. The van der Waals surface area contributed by atoms with Gasteiger partial charge in [0.1, 0.15) is 11.6 Å². The molecule has 1 N–H and O–H groups in total. The zero-order chi connectivity index (χ0) is 22.7. The largest absolute Gasteiger partial charge is 0.484 e. The van der Waals surface area contributed by atoms with E-state index in [0.29, 0.717) is 31.0 Å². The van der Waals surface area contributed by atoms with Gasteiger partial charge < -0.3 is 14.5 Å². The summed E-state index contributed by atoms with van der Waals surface area (Å²) < 4.78 is 61.8. The highest BCUT2D eigenvalue weighted by Gasteiger charge is 2.71. The summed E-state index contributed by atoms with van der Waals surface area (Å²) in [5, 5.41) is 11.1. The summed E-state index contributed by atoms with van der Waals surface area (Å²) in [5.41, 5.74) is -0.631. The molecule has 12 heteroatoms. The summed E-state index contributed by atoms with van der Waals surface area (Å²) >= 11 is 5.62. The monoisotopic (exact) mass is 474 g/mol. The Hall–Kier alpha value is -2.40. The summed E-state index contributed by atoms with van der Waals surface area (Å²) in [7, 11) is 0. The Balaban J connectivity index is 1.08. The Bertz CT molecular complexity index is 1030. The van der Waals surface area contributed by atoms with Crippen LogP contribution >= 0.6 is 11.6 Å². The van der Waals surface area contributed by atoms with E-state index in [2.05, 4.69) is 15.5 Å². The number of amides is 1. The van der Waals surface area contributed by atoms with Gasteiger partial charge in [-0.05, 0) is 31.4 Å². The number of likely N-dealkylation sites (tertiary alicyclic amines) is 1. The first kappa shape index (κ1) is 21.4. The Morgan fingerprint density at radius 3 is 2.66 bits per heavy atom. The number of nitrogens with one attached hydrogen (secondary N) is 1. The van der Waals surface area contributed by atoms with Gasteiger partial charge in [-0.15, -0.1) is 10.2 Å². The van der Waals surface area contributed by atoms with Crippen molar-refractivity contribution in [3.63, 3.8) is 0 Å². The number of hydrogen-bond acceptors (Lipinski definition) is 6. The van der Waals surface area contributed by atoms with Gasteiger partial charge >= 0.3 is 6.18 Å². The second-order valence-corrected chi connectivity index (χ2v) is 9.36. The van der Waals surface area contributed by atoms with E-state index in [1.165, 1.54) is 17.0 Å². The SMILES string of the molecule is O=C(COc1ccc(Cl)c(F)c1)NC12CC(c3nnc(C4CN(CC(F)(F)F)C4)o3)(C1)C2. The van der Waals surface area contributed by atoms with Crippen molar-refractivity contribution in [1.82, 2.24) is 20.4 Å². The van der Waals surface area contributed by atoms with Crippen LogP contribution in [0.4, 0.5) is 17.6 Å². The number of halogens is 5. The molecule has 3 aliphatic carbocycles. The van der Waals surface area contributed by atoms with Crippen molar-refractivity contribution >= 4 is 17.5 Å². The molecule has 4 fully saturated rings. The molecule has 2 aromatic rings. The standard InChI is InChI=1S/C20H19ClF4N4O3/c21-13-2-1-12(3-14(13)22)31-6-15(30)26-19-7-18(8-19,9-19)17-28-27-16(32-17)11-4-29(5-11)10-20(23,24)25/h1-3,11H,4-10H2,(H,26,30). The second kappa shape index (κ2) is 7.31. The van der Waals surface area contributed by atoms with Gasteiger partial charge in [-0.2, -0.15) is 13.2 Å². The van der Waals surface area contributed by atoms with Gasteiger partial charge in [0.15, 0.2) is 6.61 Å². The lowest BCUT2D eigenvalue weighted by molar-refractivity contribution is -0.155. The second-order valence-electron chi connectivity index (χ2n) is 8.96. The van der Waals surface area contributed by atoms with Crippen molar-refractivity contribution in [2.24, 2.45) is 0 Å². The molecule has 1 aromatic carbocycles. The predicted octanol–water partition coefficient (Wildman–Crippen LogP) is 3.19. The molecule has 0 unspecified atom stereocenters. The quantitative estimate of drug-likeness (QED) is 0.621. The molecule has 0 atom stereocenters. The van der Waals surface area contributed by atoms with Crippen molar-refractivity contribution < 1.29 is 31.5 Å². The lowest BCUT2D eigenvalue weighted by atomic mass is 9.39. The summed E-state index contributed by atoms with van der Waals surface area (Å²) in [6, 6.07) is 3.95. The molecule has 3 saturated carbocycles. The topological polar surface area (TPSA) is 80.5 Å². The molecule has 4 aliphatic rings. The molecule has 1 aliphatic heterocycles. The number of carbonyl (C=O) groups excluding carboxylic acids is 1. The van der Waals surface area contributed by atoms with Crippen LogP contribution in [-0.4, -0.2) is 59.0 Å². The molecule has 0 radical (unpaired) electrons. The number of alkyl halides is 3. The van der Waals surface area contributed by atoms with Crippen molar-refractivity contribution in [1.29, 1.82) is 0 Å². The van der Waals surface area contributed by atoms with Gasteiger partial charge in [0, 0.05) is 24.7 Å². The van der Waals surface area contributed by atoms with Gasteiger partial charge in [0.05, 0.1) is 22.9 Å². The van der Waals surface area contributed by atoms with E-state index >= 15 is 0 Å². The van der Waals surface area contributed by atoms with Crippen LogP contribution in [0.5, 0.6) is 5.75 Å². The highest BCUT2D eigenvalue weighted by atomic mass is 35.5. The van der Waals surface area contributed by atoms with Crippen LogP contribution in [-0.2, 0) is 10.2 Å². The van der Waals surface area contributed by atoms with Crippen molar-refractivity contribution in [3.05, 3.63) is 40.8 Å². The first-order valence-electron chi connectivity index (χ1n) is 10.1. The van der Waals surface area contributed by atoms with Crippen molar-refractivity contribution in [2.75, 3.05) is 26.2 Å². The Morgan fingerprint density at radius 2 is 2.00 bits per heavy atom. The maximum absolute atomic E-state index is 13.4. The molecular weight excluding hydrogens is 456 g/mol. The average molecular weight is 475 g/mol. The van der Waals surface area contributed by atoms with Crippen LogP contribution in [0.3, 0.4) is 0 Å². The predicted molar refractivity (Wildman–Crippen MR) is 103 cm³/mol. The Morgan fingerprint density at radius 1 is 1.28 bits per heavy atom. The van der Waals surface area contributed by atoms with Gasteiger partial charge in [-0.1, -0.05) is 11.6 Å². The van der Waals surface area contributed by atoms with Gasteiger partial charge in [-0.25, -0.2) is 4.39 Å². The molecule has 2 heterocycles. The number of aromatic nitrogens is 2. The molecule has 1 aromatic heterocycles. The molecule has 172 valence electrons. The highest BCUT2D eigenvalue weighted by molar-refractivity contribution is 6.30. The first-order valence-corrected chi connectivity index (χ1v) is 10.4. The van der Waals surface area contributed by atoms with Crippen LogP contribution in [0.15, 0.2) is 22.6 Å². The van der Waals surface area contributed by atoms with Crippen LogP contribution in [0.25, 0.3) is 0 Å². The van der Waals surface area contributed by atoms with E-state index < -0.39 is 18.5 Å². The van der Waals surface area contributed by atoms with E-state index in [4.69, 9.17) is 20.8 Å². The molecule has 6 rings (SSSR count). The molecular formula is C20H19ClF4N4O3. The summed E-state index contributed by atoms with van der Waals surface area (Å²) in [4.78, 5) is 13.5. The third-order valence-electron chi connectivity index (χ3n) is 6.30. The number of nitrogens with zero attached hydrogens (tertiary/aromatic N) is 3. The Kier molecular flexibility index (Phi) is 4.90. The van der Waals surface area contributed by atoms with Gasteiger partial charge in [0.2, 0.25) is 11.8 Å². The molecule has 32 heavy (non-hydrogen) atoms. The number of benzene rings is 1. The van der Waals surface area contributed by atoms with Crippen molar-refractivity contribution in [2.45, 2.75) is 42.3 Å². The lowest BCUT2D eigenvalue weighted by Gasteiger charge is -2.68. The fourth-order valence-corrected chi connectivity index (χ4v) is 5.03.